The maximum absolute atomic E-state index is 10.8. The van der Waals surface area contributed by atoms with Crippen LogP contribution in [-0.2, 0) is 9.53 Å². The standard InChI is InChI=1S/C13H18O2S/c1-10(11(2)15-12(3)14)9-16-13-7-5-4-6-8-13/h4-8,10-11H,9H2,1-3H3/t10-,11-/m0/s1. The fourth-order valence-corrected chi connectivity index (χ4v) is 2.33. The molecule has 0 radical (unpaired) electrons. The first-order valence-corrected chi connectivity index (χ1v) is 6.43. The molecule has 0 saturated carbocycles. The fraction of sp³-hybridized carbons (Fsp3) is 0.462. The van der Waals surface area contributed by atoms with Gasteiger partial charge in [0.05, 0.1) is 0 Å². The molecule has 0 heterocycles. The van der Waals surface area contributed by atoms with Gasteiger partial charge in [-0.25, -0.2) is 0 Å². The van der Waals surface area contributed by atoms with Crippen molar-refractivity contribution in [1.82, 2.24) is 0 Å². The molecule has 0 amide bonds. The summed E-state index contributed by atoms with van der Waals surface area (Å²) < 4.78 is 5.15. The Morgan fingerprint density at radius 3 is 2.50 bits per heavy atom. The van der Waals surface area contributed by atoms with Gasteiger partial charge in [-0.05, 0) is 19.1 Å². The van der Waals surface area contributed by atoms with Crippen molar-refractivity contribution in [2.45, 2.75) is 31.8 Å². The number of hydrogen-bond donors (Lipinski definition) is 0. The van der Waals surface area contributed by atoms with Gasteiger partial charge in [-0.1, -0.05) is 25.1 Å². The molecule has 0 fully saturated rings. The minimum absolute atomic E-state index is 0.0197. The first kappa shape index (κ1) is 13.1. The first-order valence-electron chi connectivity index (χ1n) is 5.44. The molecule has 1 aromatic carbocycles. The molecular formula is C13H18O2S. The molecule has 2 nitrogen and oxygen atoms in total. The summed E-state index contributed by atoms with van der Waals surface area (Å²) >= 11 is 1.79. The van der Waals surface area contributed by atoms with Crippen LogP contribution < -0.4 is 0 Å². The van der Waals surface area contributed by atoms with Gasteiger partial charge in [-0.3, -0.25) is 4.79 Å². The van der Waals surface area contributed by atoms with E-state index in [-0.39, 0.29) is 12.1 Å². The predicted octanol–water partition coefficient (Wildman–Crippen LogP) is 3.37. The maximum atomic E-state index is 10.8. The Bertz CT molecular complexity index is 324. The highest BCUT2D eigenvalue weighted by Crippen LogP contribution is 2.22. The average molecular weight is 238 g/mol. The van der Waals surface area contributed by atoms with E-state index in [0.29, 0.717) is 5.92 Å². The topological polar surface area (TPSA) is 26.3 Å². The van der Waals surface area contributed by atoms with E-state index in [9.17, 15) is 4.79 Å². The van der Waals surface area contributed by atoms with Crippen molar-refractivity contribution in [2.75, 3.05) is 5.75 Å². The van der Waals surface area contributed by atoms with Gasteiger partial charge in [-0.15, -0.1) is 11.8 Å². The van der Waals surface area contributed by atoms with E-state index in [4.69, 9.17) is 4.74 Å². The number of esters is 1. The van der Waals surface area contributed by atoms with E-state index >= 15 is 0 Å². The van der Waals surface area contributed by atoms with E-state index in [1.54, 1.807) is 11.8 Å². The zero-order chi connectivity index (χ0) is 12.0. The highest BCUT2D eigenvalue weighted by atomic mass is 32.2. The second-order valence-corrected chi connectivity index (χ2v) is 5.01. The summed E-state index contributed by atoms with van der Waals surface area (Å²) in [5.41, 5.74) is 0. The highest BCUT2D eigenvalue weighted by molar-refractivity contribution is 7.99. The number of benzene rings is 1. The van der Waals surface area contributed by atoms with E-state index in [1.807, 2.05) is 25.1 Å². The summed E-state index contributed by atoms with van der Waals surface area (Å²) in [4.78, 5) is 12.1. The number of hydrogen-bond acceptors (Lipinski definition) is 3. The third kappa shape index (κ3) is 4.71. The second kappa shape index (κ2) is 6.59. The zero-order valence-corrected chi connectivity index (χ0v) is 10.8. The third-order valence-corrected chi connectivity index (χ3v) is 3.71. The van der Waals surface area contributed by atoms with Crippen molar-refractivity contribution < 1.29 is 9.53 Å². The van der Waals surface area contributed by atoms with Crippen LogP contribution in [0.4, 0.5) is 0 Å². The lowest BCUT2D eigenvalue weighted by atomic mass is 10.1. The normalized spacial score (nSPS) is 14.2. The van der Waals surface area contributed by atoms with Crippen LogP contribution >= 0.6 is 11.8 Å². The average Bonchev–Trinajstić information content (AvgIpc) is 2.26. The van der Waals surface area contributed by atoms with Crippen LogP contribution in [0.15, 0.2) is 35.2 Å². The van der Waals surface area contributed by atoms with Crippen molar-refractivity contribution in [3.8, 4) is 0 Å². The summed E-state index contributed by atoms with van der Waals surface area (Å²) in [6.07, 6.45) is -0.0197. The molecule has 3 heteroatoms. The SMILES string of the molecule is CC(=O)O[C@@H](C)[C@@H](C)CSc1ccccc1. The number of carbonyl (C=O) groups is 1. The highest BCUT2D eigenvalue weighted by Gasteiger charge is 2.14. The van der Waals surface area contributed by atoms with Crippen LogP contribution in [0.5, 0.6) is 0 Å². The number of ether oxygens (including phenoxy) is 1. The fourth-order valence-electron chi connectivity index (χ4n) is 1.26. The molecule has 0 bridgehead atoms. The minimum Gasteiger partial charge on any atom is -0.463 e. The monoisotopic (exact) mass is 238 g/mol. The van der Waals surface area contributed by atoms with Gasteiger partial charge in [0.15, 0.2) is 0 Å². The second-order valence-electron chi connectivity index (χ2n) is 3.92. The molecule has 16 heavy (non-hydrogen) atoms. The molecule has 2 atom stereocenters. The minimum atomic E-state index is -0.205. The molecule has 0 spiro atoms. The van der Waals surface area contributed by atoms with Gasteiger partial charge >= 0.3 is 5.97 Å². The van der Waals surface area contributed by atoms with Gasteiger partial charge < -0.3 is 4.74 Å². The lowest BCUT2D eigenvalue weighted by molar-refractivity contribution is -0.147. The van der Waals surface area contributed by atoms with E-state index < -0.39 is 0 Å². The van der Waals surface area contributed by atoms with E-state index in [0.717, 1.165) is 5.75 Å². The van der Waals surface area contributed by atoms with Gasteiger partial charge in [0.25, 0.3) is 0 Å². The van der Waals surface area contributed by atoms with Gasteiger partial charge in [0, 0.05) is 23.5 Å². The summed E-state index contributed by atoms with van der Waals surface area (Å²) in [7, 11) is 0. The molecule has 0 aromatic heterocycles. The molecule has 0 unspecified atom stereocenters. The van der Waals surface area contributed by atoms with E-state index in [2.05, 4.69) is 19.1 Å². The molecule has 0 aliphatic heterocycles. The summed E-state index contributed by atoms with van der Waals surface area (Å²) in [6, 6.07) is 10.3. The molecule has 1 aromatic rings. The largest absolute Gasteiger partial charge is 0.463 e. The smallest absolute Gasteiger partial charge is 0.302 e. The van der Waals surface area contributed by atoms with E-state index in [1.165, 1.54) is 11.8 Å². The quantitative estimate of drug-likeness (QED) is 0.581. The van der Waals surface area contributed by atoms with Crippen LogP contribution in [0.2, 0.25) is 0 Å². The van der Waals surface area contributed by atoms with Crippen LogP contribution in [0.1, 0.15) is 20.8 Å². The first-order chi connectivity index (χ1) is 7.59. The lowest BCUT2D eigenvalue weighted by Gasteiger charge is -2.19. The van der Waals surface area contributed by atoms with Crippen molar-refractivity contribution in [1.29, 1.82) is 0 Å². The van der Waals surface area contributed by atoms with Gasteiger partial charge in [0.2, 0.25) is 0 Å². The van der Waals surface area contributed by atoms with Crippen LogP contribution in [0.3, 0.4) is 0 Å². The molecular weight excluding hydrogens is 220 g/mol. The number of rotatable bonds is 5. The Morgan fingerprint density at radius 1 is 1.31 bits per heavy atom. The Balaban J connectivity index is 2.35. The number of thioether (sulfide) groups is 1. The molecule has 0 N–H and O–H groups in total. The van der Waals surface area contributed by atoms with Gasteiger partial charge in [-0.2, -0.15) is 0 Å². The molecule has 0 aliphatic carbocycles. The molecule has 0 saturated heterocycles. The van der Waals surface area contributed by atoms with Crippen LogP contribution in [0.25, 0.3) is 0 Å². The van der Waals surface area contributed by atoms with Crippen molar-refractivity contribution in [2.24, 2.45) is 5.92 Å². The van der Waals surface area contributed by atoms with Crippen molar-refractivity contribution >= 4 is 17.7 Å². The zero-order valence-electron chi connectivity index (χ0n) is 9.97. The third-order valence-electron chi connectivity index (χ3n) is 2.41. The lowest BCUT2D eigenvalue weighted by Crippen LogP contribution is -2.22. The number of carbonyl (C=O) groups excluding carboxylic acids is 1. The van der Waals surface area contributed by atoms with Gasteiger partial charge in [0.1, 0.15) is 6.10 Å². The Hall–Kier alpha value is -0.960. The Kier molecular flexibility index (Phi) is 5.39. The molecule has 0 aliphatic rings. The summed E-state index contributed by atoms with van der Waals surface area (Å²) in [5, 5.41) is 0. The summed E-state index contributed by atoms with van der Waals surface area (Å²) in [6.45, 7) is 5.49. The Labute approximate surface area is 101 Å². The van der Waals surface area contributed by atoms with Crippen molar-refractivity contribution in [3.63, 3.8) is 0 Å². The maximum Gasteiger partial charge on any atom is 0.302 e. The predicted molar refractivity (Wildman–Crippen MR) is 67.6 cm³/mol. The van der Waals surface area contributed by atoms with Crippen LogP contribution in [-0.4, -0.2) is 17.8 Å². The Morgan fingerprint density at radius 2 is 1.94 bits per heavy atom. The molecule has 88 valence electrons. The molecule has 1 rings (SSSR count). The van der Waals surface area contributed by atoms with Crippen molar-refractivity contribution in [3.05, 3.63) is 30.3 Å². The summed E-state index contributed by atoms with van der Waals surface area (Å²) in [5.74, 6) is 1.11. The van der Waals surface area contributed by atoms with Crippen LogP contribution in [0, 0.1) is 5.92 Å².